The fourth-order valence-electron chi connectivity index (χ4n) is 3.33. The van der Waals surface area contributed by atoms with Crippen LogP contribution in [0.4, 0.5) is 0 Å². The van der Waals surface area contributed by atoms with Gasteiger partial charge in [-0.25, -0.2) is 15.0 Å². The van der Waals surface area contributed by atoms with Gasteiger partial charge in [0.05, 0.1) is 12.2 Å². The first-order chi connectivity index (χ1) is 12.8. The van der Waals surface area contributed by atoms with Crippen molar-refractivity contribution in [2.75, 3.05) is 6.54 Å². The van der Waals surface area contributed by atoms with Crippen LogP contribution in [0.5, 0.6) is 0 Å². The number of nitrogens with zero attached hydrogens (tertiary/aromatic N) is 5. The quantitative estimate of drug-likeness (QED) is 0.569. The van der Waals surface area contributed by atoms with E-state index in [0.717, 1.165) is 53.6 Å². The molecule has 1 aliphatic rings. The summed E-state index contributed by atoms with van der Waals surface area (Å²) in [5.41, 5.74) is 5.04. The molecule has 4 aromatic rings. The van der Waals surface area contributed by atoms with Crippen molar-refractivity contribution in [2.45, 2.75) is 19.5 Å². The molecule has 3 aromatic heterocycles. The van der Waals surface area contributed by atoms with Crippen LogP contribution in [0.2, 0.25) is 0 Å². The fraction of sp³-hybridized carbons (Fsp3) is 0.200. The Hall–Kier alpha value is -3.12. The van der Waals surface area contributed by atoms with Crippen molar-refractivity contribution in [3.05, 3.63) is 72.1 Å². The van der Waals surface area contributed by atoms with E-state index < -0.39 is 0 Å². The van der Waals surface area contributed by atoms with Crippen molar-refractivity contribution in [2.24, 2.45) is 0 Å². The number of aromatic nitrogens is 4. The molecule has 0 saturated carbocycles. The lowest BCUT2D eigenvalue weighted by Gasteiger charge is -2.26. The molecule has 5 rings (SSSR count). The Morgan fingerprint density at radius 3 is 2.81 bits per heavy atom. The molecule has 0 fully saturated rings. The molecular formula is C20H17N5O. The molecule has 4 heterocycles. The van der Waals surface area contributed by atoms with Crippen molar-refractivity contribution < 1.29 is 4.42 Å². The van der Waals surface area contributed by atoms with Crippen LogP contribution in [-0.4, -0.2) is 31.4 Å². The molecule has 1 aliphatic heterocycles. The maximum Gasteiger partial charge on any atom is 0.209 e. The molecule has 6 heteroatoms. The third-order valence-corrected chi connectivity index (χ3v) is 4.65. The Morgan fingerprint density at radius 2 is 1.92 bits per heavy atom. The van der Waals surface area contributed by atoms with Crippen LogP contribution < -0.4 is 0 Å². The fourth-order valence-corrected chi connectivity index (χ4v) is 3.33. The van der Waals surface area contributed by atoms with Gasteiger partial charge in [-0.3, -0.25) is 9.88 Å². The smallest absolute Gasteiger partial charge is 0.209 e. The van der Waals surface area contributed by atoms with E-state index in [1.165, 1.54) is 5.56 Å². The van der Waals surface area contributed by atoms with Crippen molar-refractivity contribution >= 4 is 11.1 Å². The highest BCUT2D eigenvalue weighted by molar-refractivity contribution is 5.72. The van der Waals surface area contributed by atoms with E-state index in [1.54, 1.807) is 12.4 Å². The Morgan fingerprint density at radius 1 is 1.04 bits per heavy atom. The Balaban J connectivity index is 1.35. The van der Waals surface area contributed by atoms with Gasteiger partial charge in [-0.05, 0) is 24.3 Å². The summed E-state index contributed by atoms with van der Waals surface area (Å²) in [6.07, 6.45) is 6.37. The minimum absolute atomic E-state index is 0.695. The first-order valence-electron chi connectivity index (χ1n) is 8.67. The summed E-state index contributed by atoms with van der Waals surface area (Å²) in [4.78, 5) is 20.2. The number of oxazole rings is 1. The minimum atomic E-state index is 0.695. The zero-order valence-electron chi connectivity index (χ0n) is 14.2. The lowest BCUT2D eigenvalue weighted by atomic mass is 10.1. The van der Waals surface area contributed by atoms with Crippen LogP contribution >= 0.6 is 0 Å². The van der Waals surface area contributed by atoms with E-state index >= 15 is 0 Å². The zero-order chi connectivity index (χ0) is 17.3. The number of hydrogen-bond donors (Lipinski definition) is 0. The molecule has 0 saturated heterocycles. The van der Waals surface area contributed by atoms with E-state index in [1.807, 2.05) is 42.6 Å². The van der Waals surface area contributed by atoms with Crippen molar-refractivity contribution in [1.82, 2.24) is 24.8 Å². The SMILES string of the molecule is c1ccc2oc(CN3CCc4nc(-c5ccncc5)ncc4C3)nc2c1. The maximum absolute atomic E-state index is 5.85. The minimum Gasteiger partial charge on any atom is -0.439 e. The van der Waals surface area contributed by atoms with Crippen LogP contribution in [0.15, 0.2) is 59.4 Å². The van der Waals surface area contributed by atoms with Crippen molar-refractivity contribution in [1.29, 1.82) is 0 Å². The summed E-state index contributed by atoms with van der Waals surface area (Å²) in [6, 6.07) is 11.7. The van der Waals surface area contributed by atoms with E-state index in [0.29, 0.717) is 6.54 Å². The third kappa shape index (κ3) is 2.84. The molecule has 26 heavy (non-hydrogen) atoms. The summed E-state index contributed by atoms with van der Waals surface area (Å²) in [5, 5.41) is 0. The first kappa shape index (κ1) is 15.2. The van der Waals surface area contributed by atoms with Gasteiger partial charge in [0.1, 0.15) is 5.52 Å². The average Bonchev–Trinajstić information content (AvgIpc) is 3.10. The maximum atomic E-state index is 5.85. The summed E-state index contributed by atoms with van der Waals surface area (Å²) in [6.45, 7) is 2.43. The number of benzene rings is 1. The first-order valence-corrected chi connectivity index (χ1v) is 8.67. The summed E-state index contributed by atoms with van der Waals surface area (Å²) in [5.74, 6) is 1.52. The molecular weight excluding hydrogens is 326 g/mol. The van der Waals surface area contributed by atoms with Gasteiger partial charge in [-0.15, -0.1) is 0 Å². The van der Waals surface area contributed by atoms with Crippen LogP contribution in [-0.2, 0) is 19.5 Å². The summed E-state index contributed by atoms with van der Waals surface area (Å²) >= 11 is 0. The Bertz CT molecular complexity index is 1030. The number of rotatable bonds is 3. The normalized spacial score (nSPS) is 14.5. The van der Waals surface area contributed by atoms with Crippen molar-refractivity contribution in [3.8, 4) is 11.4 Å². The molecule has 0 atom stereocenters. The van der Waals surface area contributed by atoms with Gasteiger partial charge < -0.3 is 4.42 Å². The standard InChI is InChI=1S/C20H17N5O/c1-2-4-18-17(3-1)23-19(26-18)13-25-10-7-16-15(12-25)11-22-20(24-16)14-5-8-21-9-6-14/h1-6,8-9,11H,7,10,12-13H2. The second-order valence-corrected chi connectivity index (χ2v) is 6.44. The zero-order valence-corrected chi connectivity index (χ0v) is 14.2. The molecule has 0 aliphatic carbocycles. The highest BCUT2D eigenvalue weighted by atomic mass is 16.3. The number of pyridine rings is 1. The molecule has 0 N–H and O–H groups in total. The molecule has 128 valence electrons. The monoisotopic (exact) mass is 343 g/mol. The molecule has 0 unspecified atom stereocenters. The van der Waals surface area contributed by atoms with Crippen LogP contribution in [0, 0.1) is 0 Å². The lowest BCUT2D eigenvalue weighted by molar-refractivity contribution is 0.221. The Labute approximate surface area is 150 Å². The lowest BCUT2D eigenvalue weighted by Crippen LogP contribution is -2.31. The molecule has 0 spiro atoms. The average molecular weight is 343 g/mol. The molecule has 0 bridgehead atoms. The van der Waals surface area contributed by atoms with E-state index in [-0.39, 0.29) is 0 Å². The van der Waals surface area contributed by atoms with Gasteiger partial charge in [-0.2, -0.15) is 0 Å². The predicted molar refractivity (Wildman–Crippen MR) is 97.1 cm³/mol. The second kappa shape index (κ2) is 6.31. The Kier molecular flexibility index (Phi) is 3.68. The third-order valence-electron chi connectivity index (χ3n) is 4.65. The van der Waals surface area contributed by atoms with Crippen LogP contribution in [0.3, 0.4) is 0 Å². The van der Waals surface area contributed by atoms with Crippen LogP contribution in [0.1, 0.15) is 17.1 Å². The molecule has 6 nitrogen and oxygen atoms in total. The van der Waals surface area contributed by atoms with Gasteiger partial charge in [0, 0.05) is 49.2 Å². The van der Waals surface area contributed by atoms with Crippen LogP contribution in [0.25, 0.3) is 22.5 Å². The van der Waals surface area contributed by atoms with Gasteiger partial charge >= 0.3 is 0 Å². The van der Waals surface area contributed by atoms with Gasteiger partial charge in [0.25, 0.3) is 0 Å². The van der Waals surface area contributed by atoms with E-state index in [2.05, 4.69) is 19.9 Å². The van der Waals surface area contributed by atoms with Gasteiger partial charge in [0.2, 0.25) is 5.89 Å². The summed E-state index contributed by atoms with van der Waals surface area (Å²) < 4.78 is 5.85. The van der Waals surface area contributed by atoms with E-state index in [4.69, 9.17) is 9.40 Å². The van der Waals surface area contributed by atoms with Gasteiger partial charge in [-0.1, -0.05) is 12.1 Å². The topological polar surface area (TPSA) is 67.9 Å². The number of hydrogen-bond acceptors (Lipinski definition) is 6. The predicted octanol–water partition coefficient (Wildman–Crippen LogP) is 3.24. The van der Waals surface area contributed by atoms with Crippen molar-refractivity contribution in [3.63, 3.8) is 0 Å². The number of para-hydroxylation sites is 2. The second-order valence-electron chi connectivity index (χ2n) is 6.44. The molecule has 1 aromatic carbocycles. The summed E-state index contributed by atoms with van der Waals surface area (Å²) in [7, 11) is 0. The number of fused-ring (bicyclic) bond motifs is 2. The highest BCUT2D eigenvalue weighted by Crippen LogP contribution is 2.23. The largest absolute Gasteiger partial charge is 0.439 e. The van der Waals surface area contributed by atoms with Gasteiger partial charge in [0.15, 0.2) is 11.4 Å². The van der Waals surface area contributed by atoms with E-state index in [9.17, 15) is 0 Å². The molecule has 0 radical (unpaired) electrons. The highest BCUT2D eigenvalue weighted by Gasteiger charge is 2.20. The molecule has 0 amide bonds.